The Labute approximate surface area is 125 Å². The van der Waals surface area contributed by atoms with Crippen molar-refractivity contribution in [3.8, 4) is 0 Å². The predicted octanol–water partition coefficient (Wildman–Crippen LogP) is 3.69. The van der Waals surface area contributed by atoms with E-state index in [2.05, 4.69) is 48.0 Å². The largest absolute Gasteiger partial charge is 0.464 e. The molecule has 2 aromatic rings. The fraction of sp³-hybridized carbons (Fsp3) is 0.625. The monoisotopic (exact) mass is 289 g/mol. The minimum atomic E-state index is 0.276. The van der Waals surface area contributed by atoms with Gasteiger partial charge in [0, 0.05) is 12.3 Å². The van der Waals surface area contributed by atoms with Gasteiger partial charge < -0.3 is 8.83 Å². The fourth-order valence-corrected chi connectivity index (χ4v) is 2.84. The summed E-state index contributed by atoms with van der Waals surface area (Å²) >= 11 is 0. The van der Waals surface area contributed by atoms with Gasteiger partial charge in [-0.1, -0.05) is 20.8 Å². The predicted molar refractivity (Wildman–Crippen MR) is 78.9 cm³/mol. The lowest BCUT2D eigenvalue weighted by Crippen LogP contribution is -2.22. The van der Waals surface area contributed by atoms with Crippen LogP contribution in [0.2, 0.25) is 0 Å². The lowest BCUT2D eigenvalue weighted by atomic mass is 10.1. The van der Waals surface area contributed by atoms with Gasteiger partial charge in [0.15, 0.2) is 0 Å². The van der Waals surface area contributed by atoms with Gasteiger partial charge in [-0.05, 0) is 31.5 Å². The van der Waals surface area contributed by atoms with Crippen molar-refractivity contribution in [3.05, 3.63) is 35.4 Å². The zero-order valence-electron chi connectivity index (χ0n) is 13.0. The average molecular weight is 289 g/mol. The number of rotatable bonds is 5. The molecule has 0 spiro atoms. The summed E-state index contributed by atoms with van der Waals surface area (Å²) < 4.78 is 11.6. The number of nitrogens with zero attached hydrogens (tertiary/aromatic N) is 3. The minimum absolute atomic E-state index is 0.276. The quantitative estimate of drug-likeness (QED) is 0.840. The van der Waals surface area contributed by atoms with Crippen molar-refractivity contribution in [2.75, 3.05) is 6.54 Å². The first-order valence-electron chi connectivity index (χ1n) is 7.82. The van der Waals surface area contributed by atoms with Gasteiger partial charge in [-0.2, -0.15) is 0 Å². The molecule has 3 heterocycles. The van der Waals surface area contributed by atoms with Crippen molar-refractivity contribution in [1.82, 2.24) is 15.1 Å². The van der Waals surface area contributed by atoms with Crippen LogP contribution in [-0.4, -0.2) is 21.6 Å². The van der Waals surface area contributed by atoms with Crippen LogP contribution in [0.15, 0.2) is 21.0 Å². The number of aromatic nitrogens is 2. The first kappa shape index (κ1) is 14.3. The van der Waals surface area contributed by atoms with Crippen molar-refractivity contribution < 1.29 is 8.83 Å². The molecule has 1 aliphatic heterocycles. The Kier molecular flexibility index (Phi) is 4.10. The van der Waals surface area contributed by atoms with Gasteiger partial charge in [-0.3, -0.25) is 4.90 Å². The molecule has 21 heavy (non-hydrogen) atoms. The number of furan rings is 1. The maximum absolute atomic E-state index is 5.92. The van der Waals surface area contributed by atoms with Crippen LogP contribution in [0.4, 0.5) is 0 Å². The molecular weight excluding hydrogens is 266 g/mol. The average Bonchev–Trinajstić information content (AvgIpc) is 3.18. The molecule has 0 aromatic carbocycles. The number of aryl methyl sites for hydroxylation is 1. The van der Waals surface area contributed by atoms with Gasteiger partial charge >= 0.3 is 0 Å². The number of hydrogen-bond donors (Lipinski definition) is 0. The summed E-state index contributed by atoms with van der Waals surface area (Å²) in [7, 11) is 0. The Morgan fingerprint density at radius 1 is 1.29 bits per heavy atom. The molecule has 1 atom stereocenters. The van der Waals surface area contributed by atoms with Crippen molar-refractivity contribution in [2.24, 2.45) is 0 Å². The molecule has 1 saturated heterocycles. The summed E-state index contributed by atoms with van der Waals surface area (Å²) in [6.45, 7) is 7.98. The van der Waals surface area contributed by atoms with Crippen molar-refractivity contribution in [3.63, 3.8) is 0 Å². The summed E-state index contributed by atoms with van der Waals surface area (Å²) in [5.41, 5.74) is 0. The van der Waals surface area contributed by atoms with Crippen molar-refractivity contribution in [1.29, 1.82) is 0 Å². The molecule has 0 N–H and O–H groups in total. The third kappa shape index (κ3) is 3.02. The number of likely N-dealkylation sites (tertiary alicyclic amines) is 1. The highest BCUT2D eigenvalue weighted by Crippen LogP contribution is 2.34. The summed E-state index contributed by atoms with van der Waals surface area (Å²) in [5, 5.41) is 8.27. The Hall–Kier alpha value is -1.62. The molecular formula is C16H23N3O2. The smallest absolute Gasteiger partial charge is 0.230 e. The van der Waals surface area contributed by atoms with Crippen LogP contribution >= 0.6 is 0 Å². The zero-order chi connectivity index (χ0) is 14.8. The van der Waals surface area contributed by atoms with E-state index in [4.69, 9.17) is 8.83 Å². The van der Waals surface area contributed by atoms with Crippen LogP contribution in [0.3, 0.4) is 0 Å². The highest BCUT2D eigenvalue weighted by atomic mass is 16.4. The van der Waals surface area contributed by atoms with Crippen molar-refractivity contribution in [2.45, 2.75) is 58.5 Å². The van der Waals surface area contributed by atoms with E-state index in [0.29, 0.717) is 24.4 Å². The van der Waals surface area contributed by atoms with E-state index in [1.807, 2.05) is 0 Å². The molecule has 3 rings (SSSR count). The highest BCUT2D eigenvalue weighted by molar-refractivity contribution is 5.12. The Morgan fingerprint density at radius 2 is 2.14 bits per heavy atom. The van der Waals surface area contributed by atoms with Gasteiger partial charge in [0.1, 0.15) is 11.5 Å². The van der Waals surface area contributed by atoms with Gasteiger partial charge in [-0.25, -0.2) is 0 Å². The summed E-state index contributed by atoms with van der Waals surface area (Å²) in [6, 6.07) is 4.52. The molecule has 0 aliphatic carbocycles. The highest BCUT2D eigenvalue weighted by Gasteiger charge is 2.29. The second-order valence-electron chi connectivity index (χ2n) is 5.97. The molecule has 114 valence electrons. The Bertz CT molecular complexity index is 588. The van der Waals surface area contributed by atoms with E-state index in [-0.39, 0.29) is 5.92 Å². The molecule has 1 unspecified atom stereocenters. The topological polar surface area (TPSA) is 55.3 Å². The summed E-state index contributed by atoms with van der Waals surface area (Å²) in [5.74, 6) is 3.81. The molecule has 5 nitrogen and oxygen atoms in total. The second-order valence-corrected chi connectivity index (χ2v) is 5.97. The first-order valence-corrected chi connectivity index (χ1v) is 7.82. The van der Waals surface area contributed by atoms with Crippen LogP contribution in [-0.2, 0) is 13.0 Å². The molecule has 1 aliphatic rings. The van der Waals surface area contributed by atoms with E-state index < -0.39 is 0 Å². The van der Waals surface area contributed by atoms with Crippen LogP contribution in [0, 0.1) is 0 Å². The Morgan fingerprint density at radius 3 is 2.81 bits per heavy atom. The maximum Gasteiger partial charge on any atom is 0.230 e. The molecule has 2 aromatic heterocycles. The third-order valence-electron chi connectivity index (χ3n) is 4.04. The fourth-order valence-electron chi connectivity index (χ4n) is 2.84. The van der Waals surface area contributed by atoms with Crippen LogP contribution in [0.25, 0.3) is 0 Å². The first-order chi connectivity index (χ1) is 10.2. The van der Waals surface area contributed by atoms with Crippen LogP contribution in [0.5, 0.6) is 0 Å². The minimum Gasteiger partial charge on any atom is -0.464 e. The van der Waals surface area contributed by atoms with Crippen molar-refractivity contribution >= 4 is 0 Å². The standard InChI is InChI=1S/C16H23N3O2/c1-4-12-7-8-14(20-12)13-6-5-9-19(13)10-15-17-18-16(21-15)11(2)3/h7-8,11,13H,4-6,9-10H2,1-3H3. The maximum atomic E-state index is 5.92. The molecule has 0 bridgehead atoms. The SMILES string of the molecule is CCc1ccc(C2CCCN2Cc2nnc(C(C)C)o2)o1. The molecule has 0 saturated carbocycles. The van der Waals surface area contributed by atoms with Gasteiger partial charge in [-0.15, -0.1) is 10.2 Å². The zero-order valence-corrected chi connectivity index (χ0v) is 13.0. The molecule has 0 radical (unpaired) electrons. The van der Waals surface area contributed by atoms with Crippen LogP contribution < -0.4 is 0 Å². The van der Waals surface area contributed by atoms with Gasteiger partial charge in [0.2, 0.25) is 11.8 Å². The molecule has 5 heteroatoms. The Balaban J connectivity index is 1.71. The van der Waals surface area contributed by atoms with E-state index in [0.717, 1.165) is 30.9 Å². The summed E-state index contributed by atoms with van der Waals surface area (Å²) in [6.07, 6.45) is 3.24. The third-order valence-corrected chi connectivity index (χ3v) is 4.04. The lowest BCUT2D eigenvalue weighted by molar-refractivity contribution is 0.197. The second kappa shape index (κ2) is 6.02. The van der Waals surface area contributed by atoms with Crippen LogP contribution in [0.1, 0.15) is 68.9 Å². The normalized spacial score (nSPS) is 19.7. The summed E-state index contributed by atoms with van der Waals surface area (Å²) in [4.78, 5) is 2.37. The molecule has 1 fully saturated rings. The number of hydrogen-bond acceptors (Lipinski definition) is 5. The van der Waals surface area contributed by atoms with E-state index >= 15 is 0 Å². The molecule has 0 amide bonds. The van der Waals surface area contributed by atoms with Gasteiger partial charge in [0.05, 0.1) is 12.6 Å². The lowest BCUT2D eigenvalue weighted by Gasteiger charge is -2.20. The van der Waals surface area contributed by atoms with E-state index in [1.54, 1.807) is 0 Å². The van der Waals surface area contributed by atoms with E-state index in [9.17, 15) is 0 Å². The van der Waals surface area contributed by atoms with E-state index in [1.165, 1.54) is 6.42 Å². The van der Waals surface area contributed by atoms with Gasteiger partial charge in [0.25, 0.3) is 0 Å².